The van der Waals surface area contributed by atoms with Gasteiger partial charge < -0.3 is 0 Å². The molecule has 3 aliphatic rings. The van der Waals surface area contributed by atoms with Crippen molar-refractivity contribution in [2.24, 2.45) is 17.8 Å². The standard InChI is InChI=1S/C19H33NO/c1-14(21)15-10-8-9-12-17-16-11-6-4-3-5-7-13-18(16)20(2)19(15)17/h15-19H,3-13H2,1-2H3. The Kier molecular flexibility index (Phi) is 5.03. The first-order valence-corrected chi connectivity index (χ1v) is 9.42. The van der Waals surface area contributed by atoms with Gasteiger partial charge in [0.05, 0.1) is 0 Å². The molecule has 0 aromatic heterocycles. The van der Waals surface area contributed by atoms with E-state index in [-0.39, 0.29) is 0 Å². The first-order valence-electron chi connectivity index (χ1n) is 9.42. The van der Waals surface area contributed by atoms with Gasteiger partial charge in [-0.3, -0.25) is 9.69 Å². The smallest absolute Gasteiger partial charge is 0.134 e. The van der Waals surface area contributed by atoms with Crippen LogP contribution in [-0.4, -0.2) is 29.8 Å². The van der Waals surface area contributed by atoms with Crippen molar-refractivity contribution in [2.75, 3.05) is 7.05 Å². The van der Waals surface area contributed by atoms with E-state index in [2.05, 4.69) is 11.9 Å². The number of rotatable bonds is 1. The summed E-state index contributed by atoms with van der Waals surface area (Å²) in [4.78, 5) is 14.9. The summed E-state index contributed by atoms with van der Waals surface area (Å²) in [6, 6.07) is 1.32. The Balaban J connectivity index is 1.85. The summed E-state index contributed by atoms with van der Waals surface area (Å²) in [5.41, 5.74) is 0. The molecule has 0 aromatic rings. The molecule has 1 heterocycles. The van der Waals surface area contributed by atoms with Crippen LogP contribution in [0.1, 0.15) is 77.6 Å². The zero-order valence-electron chi connectivity index (χ0n) is 14.0. The van der Waals surface area contributed by atoms with Crippen LogP contribution in [0.15, 0.2) is 0 Å². The van der Waals surface area contributed by atoms with Gasteiger partial charge in [-0.05, 0) is 51.5 Å². The van der Waals surface area contributed by atoms with E-state index >= 15 is 0 Å². The molecule has 21 heavy (non-hydrogen) atoms. The molecule has 2 saturated carbocycles. The lowest BCUT2D eigenvalue weighted by molar-refractivity contribution is -0.123. The van der Waals surface area contributed by atoms with E-state index in [1.807, 2.05) is 6.92 Å². The molecule has 120 valence electrons. The number of fused-ring (bicyclic) bond motifs is 3. The van der Waals surface area contributed by atoms with Crippen molar-refractivity contribution in [3.8, 4) is 0 Å². The highest BCUT2D eigenvalue weighted by Gasteiger charge is 2.50. The summed E-state index contributed by atoms with van der Waals surface area (Å²) >= 11 is 0. The zero-order valence-corrected chi connectivity index (χ0v) is 14.0. The summed E-state index contributed by atoms with van der Waals surface area (Å²) in [6.07, 6.45) is 15.0. The minimum absolute atomic E-state index is 0.318. The van der Waals surface area contributed by atoms with Crippen LogP contribution in [-0.2, 0) is 4.79 Å². The second-order valence-electron chi connectivity index (χ2n) is 7.90. The first kappa shape index (κ1) is 15.5. The van der Waals surface area contributed by atoms with Crippen LogP contribution >= 0.6 is 0 Å². The Bertz CT molecular complexity index is 367. The molecule has 1 aliphatic heterocycles. The number of Topliss-reactive ketones (excluding diaryl/α,β-unsaturated/α-hetero) is 1. The fraction of sp³-hybridized carbons (Fsp3) is 0.947. The maximum absolute atomic E-state index is 12.2. The number of nitrogens with zero attached hydrogens (tertiary/aromatic N) is 1. The van der Waals surface area contributed by atoms with Gasteiger partial charge in [0.25, 0.3) is 0 Å². The summed E-state index contributed by atoms with van der Waals surface area (Å²) in [7, 11) is 2.33. The van der Waals surface area contributed by atoms with E-state index in [4.69, 9.17) is 0 Å². The van der Waals surface area contributed by atoms with Crippen LogP contribution in [0, 0.1) is 17.8 Å². The number of likely N-dealkylation sites (tertiary alicyclic amines) is 1. The minimum Gasteiger partial charge on any atom is -0.300 e. The molecule has 0 N–H and O–H groups in total. The molecule has 5 unspecified atom stereocenters. The van der Waals surface area contributed by atoms with Crippen molar-refractivity contribution in [3.63, 3.8) is 0 Å². The van der Waals surface area contributed by atoms with Crippen LogP contribution in [0.5, 0.6) is 0 Å². The lowest BCUT2D eigenvalue weighted by atomic mass is 9.77. The largest absolute Gasteiger partial charge is 0.300 e. The number of carbonyl (C=O) groups is 1. The topological polar surface area (TPSA) is 20.3 Å². The van der Waals surface area contributed by atoms with Crippen molar-refractivity contribution in [1.82, 2.24) is 4.90 Å². The third-order valence-corrected chi connectivity index (χ3v) is 6.75. The third kappa shape index (κ3) is 3.06. The number of ketones is 1. The van der Waals surface area contributed by atoms with Gasteiger partial charge >= 0.3 is 0 Å². The van der Waals surface area contributed by atoms with Gasteiger partial charge in [-0.25, -0.2) is 0 Å². The Morgan fingerprint density at radius 3 is 2.14 bits per heavy atom. The molecule has 3 fully saturated rings. The van der Waals surface area contributed by atoms with Crippen LogP contribution in [0.2, 0.25) is 0 Å². The molecule has 5 atom stereocenters. The van der Waals surface area contributed by atoms with Crippen molar-refractivity contribution in [2.45, 2.75) is 89.6 Å². The first-order chi connectivity index (χ1) is 10.2. The molecular weight excluding hydrogens is 258 g/mol. The van der Waals surface area contributed by atoms with Gasteiger partial charge in [-0.1, -0.05) is 44.9 Å². The summed E-state index contributed by atoms with van der Waals surface area (Å²) in [5.74, 6) is 2.44. The normalized spacial score (nSPS) is 42.1. The predicted octanol–water partition coefficient (Wildman–Crippen LogP) is 4.42. The van der Waals surface area contributed by atoms with E-state index in [0.29, 0.717) is 17.7 Å². The highest BCUT2D eigenvalue weighted by atomic mass is 16.1. The van der Waals surface area contributed by atoms with Crippen LogP contribution < -0.4 is 0 Å². The minimum atomic E-state index is 0.318. The van der Waals surface area contributed by atoms with Crippen LogP contribution in [0.3, 0.4) is 0 Å². The lowest BCUT2D eigenvalue weighted by Crippen LogP contribution is -2.41. The fourth-order valence-corrected chi connectivity index (χ4v) is 5.78. The van der Waals surface area contributed by atoms with Gasteiger partial charge in [0.2, 0.25) is 0 Å². The highest BCUT2D eigenvalue weighted by Crippen LogP contribution is 2.48. The van der Waals surface area contributed by atoms with Crippen LogP contribution in [0.25, 0.3) is 0 Å². The average molecular weight is 291 g/mol. The molecule has 2 aliphatic carbocycles. The molecule has 3 rings (SSSR count). The van der Waals surface area contributed by atoms with Crippen LogP contribution in [0.4, 0.5) is 0 Å². The second kappa shape index (κ2) is 6.81. The summed E-state index contributed by atoms with van der Waals surface area (Å²) in [5, 5.41) is 0. The SMILES string of the molecule is CC(=O)C1CCCCC2C3CCCCCCCC3N(C)C12. The molecule has 0 radical (unpaired) electrons. The Morgan fingerprint density at radius 2 is 1.38 bits per heavy atom. The van der Waals surface area contributed by atoms with Gasteiger partial charge in [0.15, 0.2) is 0 Å². The van der Waals surface area contributed by atoms with Crippen molar-refractivity contribution >= 4 is 5.78 Å². The Hall–Kier alpha value is -0.370. The van der Waals surface area contributed by atoms with Gasteiger partial charge in [0, 0.05) is 18.0 Å². The predicted molar refractivity (Wildman–Crippen MR) is 87.3 cm³/mol. The Morgan fingerprint density at radius 1 is 0.810 bits per heavy atom. The maximum Gasteiger partial charge on any atom is 0.134 e. The van der Waals surface area contributed by atoms with E-state index in [1.165, 1.54) is 64.2 Å². The van der Waals surface area contributed by atoms with Gasteiger partial charge in [-0.2, -0.15) is 0 Å². The van der Waals surface area contributed by atoms with E-state index in [9.17, 15) is 4.79 Å². The van der Waals surface area contributed by atoms with E-state index in [0.717, 1.165) is 24.3 Å². The molecule has 0 bridgehead atoms. The molecule has 0 amide bonds. The molecular formula is C19H33NO. The van der Waals surface area contributed by atoms with Crippen molar-refractivity contribution < 1.29 is 4.79 Å². The lowest BCUT2D eigenvalue weighted by Gasteiger charge is -2.32. The van der Waals surface area contributed by atoms with E-state index < -0.39 is 0 Å². The summed E-state index contributed by atoms with van der Waals surface area (Å²) < 4.78 is 0. The summed E-state index contributed by atoms with van der Waals surface area (Å²) in [6.45, 7) is 1.84. The van der Waals surface area contributed by atoms with Crippen molar-refractivity contribution in [1.29, 1.82) is 0 Å². The monoisotopic (exact) mass is 291 g/mol. The molecule has 2 nitrogen and oxygen atoms in total. The van der Waals surface area contributed by atoms with E-state index in [1.54, 1.807) is 0 Å². The fourth-order valence-electron chi connectivity index (χ4n) is 5.78. The number of carbonyl (C=O) groups excluding carboxylic acids is 1. The van der Waals surface area contributed by atoms with Gasteiger partial charge in [-0.15, -0.1) is 0 Å². The average Bonchev–Trinajstić information content (AvgIpc) is 2.60. The molecule has 1 saturated heterocycles. The molecule has 0 spiro atoms. The number of hydrogen-bond donors (Lipinski definition) is 0. The highest BCUT2D eigenvalue weighted by molar-refractivity contribution is 5.79. The molecule has 0 aromatic carbocycles. The quantitative estimate of drug-likeness (QED) is 0.712. The zero-order chi connectivity index (χ0) is 14.8. The third-order valence-electron chi connectivity index (χ3n) is 6.75. The number of hydrogen-bond acceptors (Lipinski definition) is 2. The maximum atomic E-state index is 12.2. The molecule has 2 heteroatoms. The van der Waals surface area contributed by atoms with Crippen molar-refractivity contribution in [3.05, 3.63) is 0 Å². The van der Waals surface area contributed by atoms with Gasteiger partial charge in [0.1, 0.15) is 5.78 Å². The second-order valence-corrected chi connectivity index (χ2v) is 7.90. The Labute approximate surface area is 130 Å².